The monoisotopic (exact) mass is 210 g/mol. The topological polar surface area (TPSA) is 38.0 Å². The van der Waals surface area contributed by atoms with Crippen molar-refractivity contribution in [2.45, 2.75) is 64.3 Å². The minimum absolute atomic E-state index is 0.619. The van der Waals surface area contributed by atoms with Crippen LogP contribution in [0.3, 0.4) is 0 Å². The molecule has 0 aliphatic heterocycles. The van der Waals surface area contributed by atoms with Gasteiger partial charge in [-0.25, -0.2) is 0 Å². The van der Waals surface area contributed by atoms with Crippen LogP contribution in [0.5, 0.6) is 0 Å². The third-order valence-corrected chi connectivity index (χ3v) is 4.76. The SMILES string of the molecule is CCC1CCCC(C(NN)C2CCC2)C1. The van der Waals surface area contributed by atoms with Crippen LogP contribution in [0, 0.1) is 17.8 Å². The van der Waals surface area contributed by atoms with Gasteiger partial charge in [0.05, 0.1) is 0 Å². The van der Waals surface area contributed by atoms with Crippen molar-refractivity contribution >= 4 is 0 Å². The lowest BCUT2D eigenvalue weighted by Crippen LogP contribution is -2.49. The summed E-state index contributed by atoms with van der Waals surface area (Å²) in [5.41, 5.74) is 3.12. The Kier molecular flexibility index (Phi) is 4.04. The average molecular weight is 210 g/mol. The number of hydrogen-bond acceptors (Lipinski definition) is 2. The van der Waals surface area contributed by atoms with E-state index in [-0.39, 0.29) is 0 Å². The highest BCUT2D eigenvalue weighted by atomic mass is 15.2. The van der Waals surface area contributed by atoms with Crippen LogP contribution >= 0.6 is 0 Å². The smallest absolute Gasteiger partial charge is 0.0267 e. The molecule has 3 atom stereocenters. The highest BCUT2D eigenvalue weighted by Crippen LogP contribution is 2.39. The summed E-state index contributed by atoms with van der Waals surface area (Å²) in [6.07, 6.45) is 11.3. The minimum Gasteiger partial charge on any atom is -0.271 e. The molecule has 0 aromatic carbocycles. The minimum atomic E-state index is 0.619. The van der Waals surface area contributed by atoms with Gasteiger partial charge in [-0.2, -0.15) is 0 Å². The maximum absolute atomic E-state index is 5.75. The summed E-state index contributed by atoms with van der Waals surface area (Å²) in [5.74, 6) is 8.47. The summed E-state index contributed by atoms with van der Waals surface area (Å²) < 4.78 is 0. The molecular formula is C13H26N2. The van der Waals surface area contributed by atoms with Crippen molar-refractivity contribution in [3.8, 4) is 0 Å². The first kappa shape index (κ1) is 11.4. The van der Waals surface area contributed by atoms with E-state index in [1.807, 2.05) is 0 Å². The van der Waals surface area contributed by atoms with Gasteiger partial charge in [-0.05, 0) is 43.4 Å². The number of hydrogen-bond donors (Lipinski definition) is 2. The first-order valence-electron chi connectivity index (χ1n) is 6.81. The molecule has 2 heteroatoms. The fourth-order valence-electron chi connectivity index (χ4n) is 3.49. The maximum atomic E-state index is 5.75. The van der Waals surface area contributed by atoms with E-state index in [1.165, 1.54) is 51.4 Å². The van der Waals surface area contributed by atoms with Crippen molar-refractivity contribution in [1.82, 2.24) is 5.43 Å². The zero-order valence-corrected chi connectivity index (χ0v) is 10.0. The van der Waals surface area contributed by atoms with Crippen LogP contribution in [0.25, 0.3) is 0 Å². The van der Waals surface area contributed by atoms with E-state index in [0.717, 1.165) is 17.8 Å². The highest BCUT2D eigenvalue weighted by molar-refractivity contribution is 4.89. The zero-order chi connectivity index (χ0) is 10.7. The van der Waals surface area contributed by atoms with Crippen LogP contribution in [0.15, 0.2) is 0 Å². The first-order valence-corrected chi connectivity index (χ1v) is 6.81. The summed E-state index contributed by atoms with van der Waals surface area (Å²) in [6.45, 7) is 2.33. The standard InChI is InChI=1S/C13H26N2/c1-2-10-5-3-8-12(9-10)13(15-14)11-6-4-7-11/h10-13,15H,2-9,14H2,1H3. The van der Waals surface area contributed by atoms with Crippen molar-refractivity contribution < 1.29 is 0 Å². The third-order valence-electron chi connectivity index (χ3n) is 4.76. The van der Waals surface area contributed by atoms with Gasteiger partial charge in [-0.15, -0.1) is 0 Å². The molecule has 0 spiro atoms. The van der Waals surface area contributed by atoms with Crippen molar-refractivity contribution in [3.63, 3.8) is 0 Å². The summed E-state index contributed by atoms with van der Waals surface area (Å²) in [5, 5.41) is 0. The second-order valence-electron chi connectivity index (χ2n) is 5.58. The maximum Gasteiger partial charge on any atom is 0.0267 e. The predicted molar refractivity (Wildman–Crippen MR) is 64.2 cm³/mol. The van der Waals surface area contributed by atoms with Crippen molar-refractivity contribution in [2.75, 3.05) is 0 Å². The summed E-state index contributed by atoms with van der Waals surface area (Å²) in [7, 11) is 0. The molecule has 88 valence electrons. The first-order chi connectivity index (χ1) is 7.35. The van der Waals surface area contributed by atoms with Crippen LogP contribution in [0.1, 0.15) is 58.3 Å². The molecule has 15 heavy (non-hydrogen) atoms. The number of nitrogens with one attached hydrogen (secondary N) is 1. The Balaban J connectivity index is 1.88. The van der Waals surface area contributed by atoms with Gasteiger partial charge in [0, 0.05) is 6.04 Å². The molecule has 0 aromatic heterocycles. The van der Waals surface area contributed by atoms with E-state index >= 15 is 0 Å². The Labute approximate surface area is 94.0 Å². The van der Waals surface area contributed by atoms with Gasteiger partial charge in [0.2, 0.25) is 0 Å². The van der Waals surface area contributed by atoms with Crippen LogP contribution in [0.4, 0.5) is 0 Å². The molecule has 3 N–H and O–H groups in total. The quantitative estimate of drug-likeness (QED) is 0.553. The molecule has 0 heterocycles. The van der Waals surface area contributed by atoms with E-state index in [0.29, 0.717) is 6.04 Å². The Bertz CT molecular complexity index is 189. The molecule has 2 aliphatic carbocycles. The predicted octanol–water partition coefficient (Wildman–Crippen LogP) is 2.83. The Morgan fingerprint density at radius 2 is 1.80 bits per heavy atom. The Hall–Kier alpha value is -0.0800. The van der Waals surface area contributed by atoms with E-state index in [2.05, 4.69) is 12.3 Å². The summed E-state index contributed by atoms with van der Waals surface area (Å²) >= 11 is 0. The molecule has 2 saturated carbocycles. The fraction of sp³-hybridized carbons (Fsp3) is 1.00. The van der Waals surface area contributed by atoms with Crippen molar-refractivity contribution in [1.29, 1.82) is 0 Å². The molecule has 3 unspecified atom stereocenters. The van der Waals surface area contributed by atoms with Gasteiger partial charge >= 0.3 is 0 Å². The zero-order valence-electron chi connectivity index (χ0n) is 10.0. The molecule has 2 rings (SSSR count). The van der Waals surface area contributed by atoms with Crippen LogP contribution < -0.4 is 11.3 Å². The largest absolute Gasteiger partial charge is 0.271 e. The molecule has 0 radical (unpaired) electrons. The van der Waals surface area contributed by atoms with Crippen molar-refractivity contribution in [2.24, 2.45) is 23.6 Å². The van der Waals surface area contributed by atoms with Gasteiger partial charge < -0.3 is 0 Å². The lowest BCUT2D eigenvalue weighted by Gasteiger charge is -2.41. The van der Waals surface area contributed by atoms with Crippen molar-refractivity contribution in [3.05, 3.63) is 0 Å². The molecule has 0 amide bonds. The summed E-state index contributed by atoms with van der Waals surface area (Å²) in [4.78, 5) is 0. The second-order valence-corrected chi connectivity index (χ2v) is 5.58. The Morgan fingerprint density at radius 1 is 1.13 bits per heavy atom. The lowest BCUT2D eigenvalue weighted by molar-refractivity contribution is 0.125. The van der Waals surface area contributed by atoms with E-state index in [4.69, 9.17) is 5.84 Å². The van der Waals surface area contributed by atoms with Crippen LogP contribution in [0.2, 0.25) is 0 Å². The molecule has 2 nitrogen and oxygen atoms in total. The van der Waals surface area contributed by atoms with E-state index < -0.39 is 0 Å². The average Bonchev–Trinajstić information content (AvgIpc) is 2.23. The number of rotatable bonds is 4. The normalized spacial score (nSPS) is 34.8. The highest BCUT2D eigenvalue weighted by Gasteiger charge is 2.34. The van der Waals surface area contributed by atoms with Gasteiger partial charge in [-0.1, -0.05) is 32.6 Å². The van der Waals surface area contributed by atoms with Crippen LogP contribution in [-0.4, -0.2) is 6.04 Å². The second kappa shape index (κ2) is 5.31. The van der Waals surface area contributed by atoms with Gasteiger partial charge in [0.25, 0.3) is 0 Å². The van der Waals surface area contributed by atoms with Gasteiger partial charge in [-0.3, -0.25) is 11.3 Å². The fourth-order valence-corrected chi connectivity index (χ4v) is 3.49. The molecule has 0 aromatic rings. The molecule has 0 saturated heterocycles. The molecule has 0 bridgehead atoms. The van der Waals surface area contributed by atoms with E-state index in [1.54, 1.807) is 0 Å². The number of nitrogens with two attached hydrogens (primary N) is 1. The summed E-state index contributed by atoms with van der Waals surface area (Å²) in [6, 6.07) is 0.619. The van der Waals surface area contributed by atoms with Gasteiger partial charge in [0.1, 0.15) is 0 Å². The Morgan fingerprint density at radius 3 is 2.33 bits per heavy atom. The van der Waals surface area contributed by atoms with E-state index in [9.17, 15) is 0 Å². The van der Waals surface area contributed by atoms with Gasteiger partial charge in [0.15, 0.2) is 0 Å². The number of hydrazine groups is 1. The lowest BCUT2D eigenvalue weighted by atomic mass is 9.69. The molecular weight excluding hydrogens is 184 g/mol. The molecule has 2 fully saturated rings. The third kappa shape index (κ3) is 2.54. The van der Waals surface area contributed by atoms with Crippen LogP contribution in [-0.2, 0) is 0 Å². The molecule has 2 aliphatic rings.